The number of aromatic nitrogens is 1. The van der Waals surface area contributed by atoms with Gasteiger partial charge in [-0.2, -0.15) is 0 Å². The van der Waals surface area contributed by atoms with Gasteiger partial charge < -0.3 is 5.32 Å². The quantitative estimate of drug-likeness (QED) is 0.762. The molecule has 2 aromatic carbocycles. The van der Waals surface area contributed by atoms with E-state index in [4.69, 9.17) is 1.37 Å². The van der Waals surface area contributed by atoms with E-state index in [0.717, 1.165) is 16.8 Å². The van der Waals surface area contributed by atoms with Gasteiger partial charge in [0.05, 0.1) is 13.1 Å². The molecule has 3 aromatic rings. The SMILES string of the molecule is [2H]C(NCc1ccccn1)(c1ccccc1)c1ccccc1. The van der Waals surface area contributed by atoms with Crippen molar-refractivity contribution in [3.05, 3.63) is 102 Å². The van der Waals surface area contributed by atoms with Crippen molar-refractivity contribution >= 4 is 0 Å². The van der Waals surface area contributed by atoms with Gasteiger partial charge in [0.2, 0.25) is 0 Å². The molecule has 0 unspecified atom stereocenters. The zero-order valence-corrected chi connectivity index (χ0v) is 11.7. The first-order valence-electron chi connectivity index (χ1n) is 7.55. The highest BCUT2D eigenvalue weighted by Gasteiger charge is 2.12. The fourth-order valence-electron chi connectivity index (χ4n) is 2.26. The van der Waals surface area contributed by atoms with E-state index < -0.39 is 6.02 Å². The summed E-state index contributed by atoms with van der Waals surface area (Å²) < 4.78 is 9.01. The topological polar surface area (TPSA) is 24.9 Å². The first-order chi connectivity index (χ1) is 10.8. The van der Waals surface area contributed by atoms with E-state index in [2.05, 4.69) is 10.3 Å². The molecule has 0 saturated heterocycles. The molecular weight excluding hydrogens is 256 g/mol. The van der Waals surface area contributed by atoms with E-state index in [1.165, 1.54) is 0 Å². The molecule has 1 heterocycles. The van der Waals surface area contributed by atoms with Gasteiger partial charge in [-0.25, -0.2) is 0 Å². The van der Waals surface area contributed by atoms with Crippen molar-refractivity contribution in [1.82, 2.24) is 10.3 Å². The highest BCUT2D eigenvalue weighted by atomic mass is 14.9. The van der Waals surface area contributed by atoms with Crippen LogP contribution in [0.4, 0.5) is 0 Å². The molecule has 104 valence electrons. The van der Waals surface area contributed by atoms with Crippen LogP contribution >= 0.6 is 0 Å². The van der Waals surface area contributed by atoms with Crippen molar-refractivity contribution in [1.29, 1.82) is 0 Å². The van der Waals surface area contributed by atoms with E-state index in [1.807, 2.05) is 78.9 Å². The minimum absolute atomic E-state index is 0.536. The Morgan fingerprint density at radius 1 is 0.810 bits per heavy atom. The smallest absolute Gasteiger partial charge is 0.0579 e. The van der Waals surface area contributed by atoms with Gasteiger partial charge in [0.1, 0.15) is 0 Å². The molecule has 0 radical (unpaired) electrons. The summed E-state index contributed by atoms with van der Waals surface area (Å²) in [5, 5.41) is 3.35. The van der Waals surface area contributed by atoms with Crippen LogP contribution in [0.25, 0.3) is 0 Å². The Morgan fingerprint density at radius 3 is 1.90 bits per heavy atom. The maximum Gasteiger partial charge on any atom is 0.0579 e. The highest BCUT2D eigenvalue weighted by molar-refractivity contribution is 5.31. The van der Waals surface area contributed by atoms with Crippen molar-refractivity contribution in [2.45, 2.75) is 12.6 Å². The van der Waals surface area contributed by atoms with Crippen LogP contribution in [0.1, 0.15) is 24.2 Å². The fraction of sp³-hybridized carbons (Fsp3) is 0.105. The molecule has 0 aliphatic rings. The van der Waals surface area contributed by atoms with Gasteiger partial charge in [0.25, 0.3) is 0 Å². The molecule has 21 heavy (non-hydrogen) atoms. The van der Waals surface area contributed by atoms with E-state index in [1.54, 1.807) is 6.20 Å². The van der Waals surface area contributed by atoms with E-state index in [9.17, 15) is 0 Å². The number of nitrogens with one attached hydrogen (secondary N) is 1. The Kier molecular flexibility index (Phi) is 4.00. The molecule has 1 N–H and O–H groups in total. The average Bonchev–Trinajstić information content (AvgIpc) is 2.62. The number of hydrogen-bond donors (Lipinski definition) is 1. The number of nitrogens with zero attached hydrogens (tertiary/aromatic N) is 1. The summed E-state index contributed by atoms with van der Waals surface area (Å²) in [5.74, 6) is 0. The summed E-state index contributed by atoms with van der Waals surface area (Å²) in [5.41, 5.74) is 2.75. The second-order valence-corrected chi connectivity index (χ2v) is 4.78. The predicted molar refractivity (Wildman–Crippen MR) is 85.8 cm³/mol. The molecule has 0 aliphatic carbocycles. The van der Waals surface area contributed by atoms with Crippen LogP contribution in [0.3, 0.4) is 0 Å². The molecule has 0 atom stereocenters. The number of benzene rings is 2. The normalized spacial score (nSPS) is 11.9. The maximum atomic E-state index is 9.01. The molecular formula is C19H18N2. The second-order valence-electron chi connectivity index (χ2n) is 4.78. The van der Waals surface area contributed by atoms with E-state index in [0.29, 0.717) is 6.54 Å². The average molecular weight is 275 g/mol. The van der Waals surface area contributed by atoms with Crippen LogP contribution in [0.15, 0.2) is 85.1 Å². The molecule has 2 heteroatoms. The van der Waals surface area contributed by atoms with Gasteiger partial charge in [-0.15, -0.1) is 0 Å². The highest BCUT2D eigenvalue weighted by Crippen LogP contribution is 2.22. The summed E-state index contributed by atoms with van der Waals surface area (Å²) >= 11 is 0. The Labute approximate surface area is 126 Å². The Hall–Kier alpha value is -2.45. The number of hydrogen-bond acceptors (Lipinski definition) is 2. The lowest BCUT2D eigenvalue weighted by molar-refractivity contribution is 0.597. The monoisotopic (exact) mass is 275 g/mol. The largest absolute Gasteiger partial charge is 0.301 e. The van der Waals surface area contributed by atoms with Crippen LogP contribution in [-0.4, -0.2) is 4.98 Å². The number of rotatable bonds is 5. The van der Waals surface area contributed by atoms with Gasteiger partial charge in [-0.3, -0.25) is 4.98 Å². The van der Waals surface area contributed by atoms with Gasteiger partial charge in [-0.05, 0) is 23.3 Å². The summed E-state index contributed by atoms with van der Waals surface area (Å²) in [6.07, 6.45) is 1.77. The summed E-state index contributed by atoms with van der Waals surface area (Å²) in [4.78, 5) is 4.32. The summed E-state index contributed by atoms with van der Waals surface area (Å²) in [6.45, 7) is 0.536. The molecule has 2 nitrogen and oxygen atoms in total. The zero-order chi connectivity index (χ0) is 15.3. The fourth-order valence-corrected chi connectivity index (χ4v) is 2.26. The van der Waals surface area contributed by atoms with Crippen LogP contribution in [0.5, 0.6) is 0 Å². The second kappa shape index (κ2) is 6.82. The van der Waals surface area contributed by atoms with Crippen LogP contribution in [0.2, 0.25) is 0 Å². The summed E-state index contributed by atoms with van der Waals surface area (Å²) in [6, 6.07) is 24.5. The zero-order valence-electron chi connectivity index (χ0n) is 12.7. The third-order valence-corrected chi connectivity index (χ3v) is 3.30. The van der Waals surface area contributed by atoms with Crippen molar-refractivity contribution < 1.29 is 1.37 Å². The van der Waals surface area contributed by atoms with Gasteiger partial charge >= 0.3 is 0 Å². The van der Waals surface area contributed by atoms with Crippen LogP contribution in [0, 0.1) is 0 Å². The summed E-state index contributed by atoms with van der Waals surface area (Å²) in [7, 11) is 0. The first-order valence-corrected chi connectivity index (χ1v) is 7.05. The minimum Gasteiger partial charge on any atom is -0.301 e. The lowest BCUT2D eigenvalue weighted by atomic mass is 9.98. The third kappa shape index (κ3) is 3.56. The van der Waals surface area contributed by atoms with Crippen molar-refractivity contribution in [2.24, 2.45) is 0 Å². The molecule has 0 fully saturated rings. The van der Waals surface area contributed by atoms with Gasteiger partial charge in [0.15, 0.2) is 0 Å². The first kappa shape index (κ1) is 12.3. The van der Waals surface area contributed by atoms with Crippen molar-refractivity contribution in [3.63, 3.8) is 0 Å². The maximum absolute atomic E-state index is 9.01. The molecule has 1 aromatic heterocycles. The van der Waals surface area contributed by atoms with E-state index >= 15 is 0 Å². The molecule has 0 spiro atoms. The van der Waals surface area contributed by atoms with E-state index in [-0.39, 0.29) is 0 Å². The lowest BCUT2D eigenvalue weighted by Crippen LogP contribution is -2.22. The third-order valence-electron chi connectivity index (χ3n) is 3.30. The van der Waals surface area contributed by atoms with Crippen molar-refractivity contribution in [2.75, 3.05) is 0 Å². The van der Waals surface area contributed by atoms with Gasteiger partial charge in [-0.1, -0.05) is 66.7 Å². The molecule has 0 aliphatic heterocycles. The lowest BCUT2D eigenvalue weighted by Gasteiger charge is -2.19. The predicted octanol–water partition coefficient (Wildman–Crippen LogP) is 3.96. The molecule has 0 bridgehead atoms. The Balaban J connectivity index is 1.93. The van der Waals surface area contributed by atoms with Crippen LogP contribution < -0.4 is 5.32 Å². The van der Waals surface area contributed by atoms with Crippen LogP contribution in [-0.2, 0) is 6.54 Å². The molecule has 3 rings (SSSR count). The Bertz CT molecular complexity index is 660. The minimum atomic E-state index is -1.000. The number of pyridine rings is 1. The molecule has 0 saturated carbocycles. The Morgan fingerprint density at radius 2 is 1.38 bits per heavy atom. The van der Waals surface area contributed by atoms with Gasteiger partial charge in [0, 0.05) is 12.7 Å². The van der Waals surface area contributed by atoms with Crippen molar-refractivity contribution in [3.8, 4) is 0 Å². The standard InChI is InChI=1S/C19H18N2/c1-3-9-16(10-4-1)19(17-11-5-2-6-12-17)21-15-18-13-7-8-14-20-18/h1-14,19,21H,15H2/i19D. The molecule has 0 amide bonds.